The van der Waals surface area contributed by atoms with Crippen LogP contribution >= 0.6 is 59.1 Å². The Hall–Kier alpha value is 1.14. The van der Waals surface area contributed by atoms with Gasteiger partial charge in [-0.05, 0) is 56.2 Å². The average Bonchev–Trinajstić information content (AvgIpc) is 2.74. The Morgan fingerprint density at radius 3 is 2.46 bits per heavy atom. The highest BCUT2D eigenvalue weighted by molar-refractivity contribution is 9.13. The lowest BCUT2D eigenvalue weighted by atomic mass is 10.0. The number of alkyl halides is 1. The standard InChI is InChI=1S/C9H9Br3S/c1-9(2-3-9)7(11)6-4-5(10)8(12)13-6/h4,7H,2-3H2,1H3. The molecule has 0 spiro atoms. The molecule has 1 aromatic heterocycles. The summed E-state index contributed by atoms with van der Waals surface area (Å²) in [7, 11) is 0. The van der Waals surface area contributed by atoms with Crippen LogP contribution in [0.5, 0.6) is 0 Å². The SMILES string of the molecule is CC1(C(Br)c2cc(Br)c(Br)s2)CC1. The Labute approximate surface area is 107 Å². The smallest absolute Gasteiger partial charge is 0.0843 e. The summed E-state index contributed by atoms with van der Waals surface area (Å²) in [5, 5.41) is 0. The Bertz CT molecular complexity index is 308. The van der Waals surface area contributed by atoms with E-state index in [4.69, 9.17) is 0 Å². The normalized spacial score (nSPS) is 21.5. The fraction of sp³-hybridized carbons (Fsp3) is 0.556. The van der Waals surface area contributed by atoms with Gasteiger partial charge < -0.3 is 0 Å². The summed E-state index contributed by atoms with van der Waals surface area (Å²) in [6.07, 6.45) is 2.69. The lowest BCUT2D eigenvalue weighted by Crippen LogP contribution is -2.00. The van der Waals surface area contributed by atoms with Crippen LogP contribution in [0.4, 0.5) is 0 Å². The van der Waals surface area contributed by atoms with E-state index in [0.29, 0.717) is 10.2 Å². The molecule has 0 aliphatic heterocycles. The number of thiophene rings is 1. The van der Waals surface area contributed by atoms with Crippen molar-refractivity contribution in [3.63, 3.8) is 0 Å². The molecule has 0 bridgehead atoms. The van der Waals surface area contributed by atoms with Gasteiger partial charge in [-0.2, -0.15) is 0 Å². The highest BCUT2D eigenvalue weighted by Crippen LogP contribution is 2.60. The van der Waals surface area contributed by atoms with E-state index < -0.39 is 0 Å². The minimum atomic E-state index is 0.504. The van der Waals surface area contributed by atoms with Gasteiger partial charge in [0, 0.05) is 9.35 Å². The van der Waals surface area contributed by atoms with Crippen LogP contribution in [0.15, 0.2) is 14.3 Å². The van der Waals surface area contributed by atoms with E-state index >= 15 is 0 Å². The quantitative estimate of drug-likeness (QED) is 0.586. The molecule has 72 valence electrons. The first-order valence-corrected chi connectivity index (χ1v) is 7.43. The highest BCUT2D eigenvalue weighted by atomic mass is 79.9. The number of hydrogen-bond acceptors (Lipinski definition) is 1. The van der Waals surface area contributed by atoms with E-state index in [1.165, 1.54) is 26.0 Å². The van der Waals surface area contributed by atoms with Gasteiger partial charge in [0.15, 0.2) is 0 Å². The Balaban J connectivity index is 2.25. The van der Waals surface area contributed by atoms with E-state index in [-0.39, 0.29) is 0 Å². The minimum Gasteiger partial charge on any atom is -0.131 e. The first-order chi connectivity index (χ1) is 6.03. The van der Waals surface area contributed by atoms with Crippen LogP contribution in [0.2, 0.25) is 0 Å². The third kappa shape index (κ3) is 2.06. The molecule has 1 saturated carbocycles. The van der Waals surface area contributed by atoms with Crippen LogP contribution in [0.1, 0.15) is 29.5 Å². The van der Waals surface area contributed by atoms with Crippen molar-refractivity contribution in [2.75, 3.05) is 0 Å². The molecule has 13 heavy (non-hydrogen) atoms. The molecule has 0 nitrogen and oxygen atoms in total. The average molecular weight is 389 g/mol. The molecule has 1 fully saturated rings. The highest BCUT2D eigenvalue weighted by Gasteiger charge is 2.44. The van der Waals surface area contributed by atoms with E-state index in [1.54, 1.807) is 0 Å². The van der Waals surface area contributed by atoms with Crippen LogP contribution in [-0.4, -0.2) is 0 Å². The van der Waals surface area contributed by atoms with E-state index in [0.717, 1.165) is 0 Å². The van der Waals surface area contributed by atoms with Crippen molar-refractivity contribution in [2.45, 2.75) is 24.6 Å². The molecule has 1 atom stereocenters. The number of halogens is 3. The lowest BCUT2D eigenvalue weighted by Gasteiger charge is -2.14. The van der Waals surface area contributed by atoms with Gasteiger partial charge in [0.05, 0.1) is 8.61 Å². The zero-order valence-electron chi connectivity index (χ0n) is 7.11. The largest absolute Gasteiger partial charge is 0.131 e. The third-order valence-corrected chi connectivity index (χ3v) is 7.79. The predicted octanol–water partition coefficient (Wildman–Crippen LogP) is 5.51. The van der Waals surface area contributed by atoms with E-state index in [1.807, 2.05) is 11.3 Å². The van der Waals surface area contributed by atoms with Gasteiger partial charge in [-0.25, -0.2) is 0 Å². The Morgan fingerprint density at radius 1 is 1.46 bits per heavy atom. The summed E-state index contributed by atoms with van der Waals surface area (Å²) >= 11 is 12.6. The van der Waals surface area contributed by atoms with Gasteiger partial charge in [0.1, 0.15) is 0 Å². The van der Waals surface area contributed by atoms with Gasteiger partial charge in [-0.1, -0.05) is 22.9 Å². The number of rotatable bonds is 2. The second kappa shape index (κ2) is 3.62. The van der Waals surface area contributed by atoms with Gasteiger partial charge in [-0.3, -0.25) is 0 Å². The summed E-state index contributed by atoms with van der Waals surface area (Å²) in [5.74, 6) is 0. The summed E-state index contributed by atoms with van der Waals surface area (Å²) in [6, 6.07) is 2.21. The first-order valence-electron chi connectivity index (χ1n) is 4.12. The molecule has 1 aromatic rings. The molecular formula is C9H9Br3S. The molecule has 0 radical (unpaired) electrons. The second-order valence-electron chi connectivity index (χ2n) is 3.79. The summed E-state index contributed by atoms with van der Waals surface area (Å²) < 4.78 is 2.36. The first kappa shape index (κ1) is 10.7. The van der Waals surface area contributed by atoms with Crippen LogP contribution in [0.3, 0.4) is 0 Å². The van der Waals surface area contributed by atoms with Crippen molar-refractivity contribution >= 4 is 59.1 Å². The maximum atomic E-state index is 3.79. The van der Waals surface area contributed by atoms with Gasteiger partial charge in [-0.15, -0.1) is 11.3 Å². The topological polar surface area (TPSA) is 0 Å². The Kier molecular flexibility index (Phi) is 2.96. The summed E-state index contributed by atoms with van der Waals surface area (Å²) in [4.78, 5) is 1.94. The predicted molar refractivity (Wildman–Crippen MR) is 68.7 cm³/mol. The molecular weight excluding hydrogens is 380 g/mol. The fourth-order valence-corrected chi connectivity index (χ4v) is 4.40. The second-order valence-corrected chi connectivity index (χ2v) is 7.96. The molecule has 2 rings (SSSR count). The van der Waals surface area contributed by atoms with Crippen LogP contribution in [0.25, 0.3) is 0 Å². The van der Waals surface area contributed by atoms with Crippen molar-refractivity contribution in [3.8, 4) is 0 Å². The molecule has 4 heteroatoms. The van der Waals surface area contributed by atoms with Crippen LogP contribution in [-0.2, 0) is 0 Å². The van der Waals surface area contributed by atoms with Gasteiger partial charge in [0.25, 0.3) is 0 Å². The maximum absolute atomic E-state index is 3.79. The third-order valence-electron chi connectivity index (χ3n) is 2.56. The molecule has 0 aromatic carbocycles. The monoisotopic (exact) mass is 386 g/mol. The zero-order valence-corrected chi connectivity index (χ0v) is 12.7. The van der Waals surface area contributed by atoms with Crippen molar-refractivity contribution in [2.24, 2.45) is 5.41 Å². The minimum absolute atomic E-state index is 0.504. The molecule has 0 saturated heterocycles. The van der Waals surface area contributed by atoms with Crippen molar-refractivity contribution < 1.29 is 0 Å². The Morgan fingerprint density at radius 2 is 2.08 bits per heavy atom. The fourth-order valence-electron chi connectivity index (χ4n) is 1.28. The van der Waals surface area contributed by atoms with E-state index in [9.17, 15) is 0 Å². The van der Waals surface area contributed by atoms with E-state index in [2.05, 4.69) is 60.8 Å². The number of hydrogen-bond donors (Lipinski definition) is 0. The van der Waals surface area contributed by atoms with Gasteiger partial charge >= 0.3 is 0 Å². The van der Waals surface area contributed by atoms with Crippen molar-refractivity contribution in [1.82, 2.24) is 0 Å². The van der Waals surface area contributed by atoms with Crippen molar-refractivity contribution in [3.05, 3.63) is 19.2 Å². The lowest BCUT2D eigenvalue weighted by molar-refractivity contribution is 0.570. The molecule has 0 amide bonds. The van der Waals surface area contributed by atoms with Crippen molar-refractivity contribution in [1.29, 1.82) is 0 Å². The van der Waals surface area contributed by atoms with Gasteiger partial charge in [0.2, 0.25) is 0 Å². The summed E-state index contributed by atoms with van der Waals surface area (Å²) in [5.41, 5.74) is 0.504. The maximum Gasteiger partial charge on any atom is 0.0843 e. The van der Waals surface area contributed by atoms with Crippen LogP contribution < -0.4 is 0 Å². The molecule has 1 unspecified atom stereocenters. The molecule has 1 aliphatic carbocycles. The molecule has 0 N–H and O–H groups in total. The molecule has 1 heterocycles. The van der Waals surface area contributed by atoms with Crippen LogP contribution in [0, 0.1) is 5.41 Å². The summed E-state index contributed by atoms with van der Waals surface area (Å²) in [6.45, 7) is 2.34. The molecule has 1 aliphatic rings. The zero-order chi connectivity index (χ0) is 9.64.